The molecule has 0 fully saturated rings. The van der Waals surface area contributed by atoms with Gasteiger partial charge in [-0.25, -0.2) is 9.78 Å². The summed E-state index contributed by atoms with van der Waals surface area (Å²) in [5, 5.41) is 8.66. The molecule has 0 atom stereocenters. The smallest absolute Gasteiger partial charge is 0.478 e. The summed E-state index contributed by atoms with van der Waals surface area (Å²) < 4.78 is 52.3. The summed E-state index contributed by atoms with van der Waals surface area (Å²) in [7, 11) is 0. The maximum Gasteiger partial charge on any atom is 0.573 e. The zero-order valence-corrected chi connectivity index (χ0v) is 8.08. The second-order valence-electron chi connectivity index (χ2n) is 2.83. The average Bonchev–Trinajstić information content (AvgIpc) is 2.18. The van der Waals surface area contributed by atoms with Crippen LogP contribution in [0.4, 0.5) is 17.6 Å². The van der Waals surface area contributed by atoms with Gasteiger partial charge in [0.05, 0.1) is 5.56 Å². The van der Waals surface area contributed by atoms with E-state index in [2.05, 4.69) is 9.72 Å². The summed E-state index contributed by atoms with van der Waals surface area (Å²) in [6, 6.07) is 0. The number of hydrogen-bond acceptors (Lipinski definition) is 4. The van der Waals surface area contributed by atoms with Gasteiger partial charge in [0.15, 0.2) is 5.75 Å². The number of pyridine rings is 1. The molecule has 5 nitrogen and oxygen atoms in total. The number of aromatic carboxylic acids is 1. The molecule has 0 spiro atoms. The highest BCUT2D eigenvalue weighted by Gasteiger charge is 2.35. The van der Waals surface area contributed by atoms with E-state index >= 15 is 0 Å². The van der Waals surface area contributed by atoms with Gasteiger partial charge in [0.2, 0.25) is 0 Å². The molecule has 0 amide bonds. The van der Waals surface area contributed by atoms with Crippen LogP contribution >= 0.6 is 0 Å². The Kier molecular flexibility index (Phi) is 3.51. The monoisotopic (exact) mass is 254 g/mol. The molecular weight excluding hydrogens is 248 g/mol. The van der Waals surface area contributed by atoms with Crippen molar-refractivity contribution in [2.75, 3.05) is 0 Å². The third-order valence-corrected chi connectivity index (χ3v) is 1.75. The third-order valence-electron chi connectivity index (χ3n) is 1.75. The van der Waals surface area contributed by atoms with Crippen LogP contribution in [0.3, 0.4) is 0 Å². The maximum atomic E-state index is 13.0. The number of nitrogens with zero attached hydrogens (tertiary/aromatic N) is 1. The Balaban J connectivity index is 3.35. The van der Waals surface area contributed by atoms with Crippen LogP contribution in [-0.2, 0) is 6.54 Å². The van der Waals surface area contributed by atoms with Gasteiger partial charge < -0.3 is 15.6 Å². The van der Waals surface area contributed by atoms with Crippen molar-refractivity contribution in [1.82, 2.24) is 4.98 Å². The summed E-state index contributed by atoms with van der Waals surface area (Å²) in [6.45, 7) is -0.632. The van der Waals surface area contributed by atoms with Crippen molar-refractivity contribution in [2.24, 2.45) is 5.73 Å². The molecule has 0 aliphatic heterocycles. The predicted octanol–water partition coefficient (Wildman–Crippen LogP) is 1.28. The predicted molar refractivity (Wildman–Crippen MR) is 45.7 cm³/mol. The van der Waals surface area contributed by atoms with Crippen molar-refractivity contribution in [1.29, 1.82) is 0 Å². The van der Waals surface area contributed by atoms with Gasteiger partial charge in [-0.05, 0) is 0 Å². The van der Waals surface area contributed by atoms with E-state index < -0.39 is 41.7 Å². The van der Waals surface area contributed by atoms with Gasteiger partial charge in [-0.15, -0.1) is 13.2 Å². The van der Waals surface area contributed by atoms with E-state index in [-0.39, 0.29) is 0 Å². The Bertz CT molecular complexity index is 447. The van der Waals surface area contributed by atoms with Crippen LogP contribution in [-0.4, -0.2) is 22.4 Å². The molecule has 0 bridgehead atoms. The first-order valence-electron chi connectivity index (χ1n) is 4.12. The lowest BCUT2D eigenvalue weighted by molar-refractivity contribution is -0.276. The second kappa shape index (κ2) is 4.53. The van der Waals surface area contributed by atoms with Crippen molar-refractivity contribution < 1.29 is 32.2 Å². The van der Waals surface area contributed by atoms with E-state index in [1.165, 1.54) is 0 Å². The van der Waals surface area contributed by atoms with Gasteiger partial charge in [0, 0.05) is 18.3 Å². The molecule has 0 aliphatic rings. The van der Waals surface area contributed by atoms with Crippen molar-refractivity contribution in [2.45, 2.75) is 12.9 Å². The summed E-state index contributed by atoms with van der Waals surface area (Å²) >= 11 is 0. The summed E-state index contributed by atoms with van der Waals surface area (Å²) in [6.07, 6.45) is -4.59. The first-order valence-corrected chi connectivity index (χ1v) is 4.12. The number of carboxylic acids is 1. The van der Waals surface area contributed by atoms with E-state index in [1.807, 2.05) is 0 Å². The molecular formula is C8H6F4N2O3. The number of rotatable bonds is 3. The lowest BCUT2D eigenvalue weighted by Crippen LogP contribution is -2.21. The molecule has 3 N–H and O–H groups in total. The van der Waals surface area contributed by atoms with Crippen LogP contribution in [0.15, 0.2) is 6.20 Å². The normalized spacial score (nSPS) is 11.4. The number of alkyl halides is 3. The maximum absolute atomic E-state index is 13.0. The second-order valence-corrected chi connectivity index (χ2v) is 2.83. The zero-order valence-electron chi connectivity index (χ0n) is 8.08. The fourth-order valence-electron chi connectivity index (χ4n) is 1.11. The van der Waals surface area contributed by atoms with Crippen LogP contribution in [0.5, 0.6) is 5.75 Å². The van der Waals surface area contributed by atoms with Crippen molar-refractivity contribution in [3.63, 3.8) is 0 Å². The Labute approximate surface area is 91.8 Å². The molecule has 9 heteroatoms. The van der Waals surface area contributed by atoms with Crippen LogP contribution in [0, 0.1) is 5.95 Å². The van der Waals surface area contributed by atoms with Gasteiger partial charge in [-0.3, -0.25) is 0 Å². The van der Waals surface area contributed by atoms with Crippen molar-refractivity contribution in [3.05, 3.63) is 23.3 Å². The van der Waals surface area contributed by atoms with Crippen LogP contribution in [0.2, 0.25) is 0 Å². The number of halogens is 4. The number of hydrogen-bond donors (Lipinski definition) is 2. The molecule has 0 aliphatic carbocycles. The lowest BCUT2D eigenvalue weighted by atomic mass is 10.1. The van der Waals surface area contributed by atoms with E-state index in [0.717, 1.165) is 0 Å². The number of carboxylic acid groups (broad SMARTS) is 1. The van der Waals surface area contributed by atoms with E-state index in [0.29, 0.717) is 6.20 Å². The van der Waals surface area contributed by atoms with E-state index in [1.54, 1.807) is 0 Å². The topological polar surface area (TPSA) is 85.4 Å². The molecule has 1 aromatic heterocycles. The van der Waals surface area contributed by atoms with Crippen LogP contribution in [0.25, 0.3) is 0 Å². The molecule has 1 rings (SSSR count). The molecule has 0 aromatic carbocycles. The third kappa shape index (κ3) is 3.03. The quantitative estimate of drug-likeness (QED) is 0.626. The summed E-state index contributed by atoms with van der Waals surface area (Å²) in [4.78, 5) is 13.5. The minimum atomic E-state index is -5.16. The SMILES string of the molecule is NCc1c(C(=O)O)cnc(F)c1OC(F)(F)F. The highest BCUT2D eigenvalue weighted by molar-refractivity contribution is 5.89. The van der Waals surface area contributed by atoms with Gasteiger partial charge in [0.25, 0.3) is 5.95 Å². The van der Waals surface area contributed by atoms with E-state index in [4.69, 9.17) is 10.8 Å². The lowest BCUT2D eigenvalue weighted by Gasteiger charge is -2.14. The molecule has 0 saturated carbocycles. The molecule has 0 radical (unpaired) electrons. The Morgan fingerprint density at radius 3 is 2.53 bits per heavy atom. The largest absolute Gasteiger partial charge is 0.573 e. The molecule has 0 saturated heterocycles. The average molecular weight is 254 g/mol. The first kappa shape index (κ1) is 13.2. The number of aromatic nitrogens is 1. The molecule has 1 aromatic rings. The fraction of sp³-hybridized carbons (Fsp3) is 0.250. The van der Waals surface area contributed by atoms with Crippen molar-refractivity contribution in [3.8, 4) is 5.75 Å². The Morgan fingerprint density at radius 1 is 1.53 bits per heavy atom. The van der Waals surface area contributed by atoms with Gasteiger partial charge in [0.1, 0.15) is 0 Å². The van der Waals surface area contributed by atoms with Crippen molar-refractivity contribution >= 4 is 5.97 Å². The molecule has 94 valence electrons. The standard InChI is InChI=1S/C8H6F4N2O3/c9-6-5(17-8(10,11)12)3(1-13)4(2-14-6)7(15)16/h2H,1,13H2,(H,15,16). The zero-order chi connectivity index (χ0) is 13.2. The highest BCUT2D eigenvalue weighted by Crippen LogP contribution is 2.30. The van der Waals surface area contributed by atoms with Crippen LogP contribution in [0.1, 0.15) is 15.9 Å². The minimum Gasteiger partial charge on any atom is -0.478 e. The number of nitrogens with two attached hydrogens (primary N) is 1. The first-order chi connectivity index (χ1) is 7.76. The molecule has 17 heavy (non-hydrogen) atoms. The number of ether oxygens (including phenoxy) is 1. The molecule has 0 unspecified atom stereocenters. The Hall–Kier alpha value is -1.90. The minimum absolute atomic E-state index is 0.573. The van der Waals surface area contributed by atoms with E-state index in [9.17, 15) is 22.4 Å². The van der Waals surface area contributed by atoms with Gasteiger partial charge in [-0.1, -0.05) is 0 Å². The van der Waals surface area contributed by atoms with Gasteiger partial charge in [-0.2, -0.15) is 4.39 Å². The summed E-state index contributed by atoms with van der Waals surface area (Å²) in [5.41, 5.74) is 3.82. The van der Waals surface area contributed by atoms with Gasteiger partial charge >= 0.3 is 12.3 Å². The fourth-order valence-corrected chi connectivity index (χ4v) is 1.11. The van der Waals surface area contributed by atoms with Crippen LogP contribution < -0.4 is 10.5 Å². The highest BCUT2D eigenvalue weighted by atomic mass is 19.4. The summed E-state index contributed by atoms with van der Waals surface area (Å²) in [5.74, 6) is -4.47. The Morgan fingerprint density at radius 2 is 2.12 bits per heavy atom. The number of carbonyl (C=O) groups is 1. The molecule has 1 heterocycles.